The molecular formula is C9H15N. The second kappa shape index (κ2) is 2.91. The molecule has 1 N–H and O–H groups in total. The molecule has 0 heterocycles. The van der Waals surface area contributed by atoms with E-state index in [1.54, 1.807) is 0 Å². The van der Waals surface area contributed by atoms with E-state index in [4.69, 9.17) is 0 Å². The molecule has 0 amide bonds. The second-order valence-electron chi connectivity index (χ2n) is 3.01. The summed E-state index contributed by atoms with van der Waals surface area (Å²) in [6, 6.07) is 0. The molecule has 0 radical (unpaired) electrons. The van der Waals surface area contributed by atoms with Crippen molar-refractivity contribution >= 4 is 0 Å². The SMILES string of the molecule is CNC1=CC(C)=CC(C)C1. The average Bonchev–Trinajstić information content (AvgIpc) is 1.85. The van der Waals surface area contributed by atoms with Crippen LogP contribution in [0.3, 0.4) is 0 Å². The van der Waals surface area contributed by atoms with Gasteiger partial charge in [0, 0.05) is 12.7 Å². The Morgan fingerprint density at radius 1 is 1.60 bits per heavy atom. The molecule has 0 aromatic heterocycles. The minimum Gasteiger partial charge on any atom is -0.391 e. The molecule has 1 aliphatic carbocycles. The largest absolute Gasteiger partial charge is 0.391 e. The van der Waals surface area contributed by atoms with Crippen LogP contribution in [0.4, 0.5) is 0 Å². The van der Waals surface area contributed by atoms with Gasteiger partial charge >= 0.3 is 0 Å². The van der Waals surface area contributed by atoms with Crippen molar-refractivity contribution in [2.75, 3.05) is 7.05 Å². The Hall–Kier alpha value is -0.720. The lowest BCUT2D eigenvalue weighted by atomic mass is 9.96. The molecule has 1 unspecified atom stereocenters. The van der Waals surface area contributed by atoms with Gasteiger partial charge in [0.1, 0.15) is 0 Å². The maximum atomic E-state index is 3.18. The van der Waals surface area contributed by atoms with E-state index in [9.17, 15) is 0 Å². The van der Waals surface area contributed by atoms with Crippen molar-refractivity contribution in [2.24, 2.45) is 5.92 Å². The zero-order chi connectivity index (χ0) is 7.56. The van der Waals surface area contributed by atoms with Crippen LogP contribution in [0, 0.1) is 5.92 Å². The summed E-state index contributed by atoms with van der Waals surface area (Å²) in [4.78, 5) is 0. The van der Waals surface area contributed by atoms with Gasteiger partial charge < -0.3 is 5.32 Å². The molecule has 0 aromatic carbocycles. The van der Waals surface area contributed by atoms with Gasteiger partial charge in [-0.3, -0.25) is 0 Å². The van der Waals surface area contributed by atoms with E-state index >= 15 is 0 Å². The number of nitrogens with one attached hydrogen (secondary N) is 1. The number of hydrogen-bond acceptors (Lipinski definition) is 1. The molecule has 0 aliphatic heterocycles. The van der Waals surface area contributed by atoms with Crippen LogP contribution >= 0.6 is 0 Å². The minimum absolute atomic E-state index is 0.701. The normalized spacial score (nSPS) is 25.3. The Labute approximate surface area is 62.8 Å². The van der Waals surface area contributed by atoms with E-state index in [1.165, 1.54) is 11.3 Å². The highest BCUT2D eigenvalue weighted by Crippen LogP contribution is 2.19. The molecule has 0 bridgehead atoms. The van der Waals surface area contributed by atoms with Gasteiger partial charge in [0.05, 0.1) is 0 Å². The zero-order valence-corrected chi connectivity index (χ0v) is 6.94. The van der Waals surface area contributed by atoms with Crippen molar-refractivity contribution in [3.05, 3.63) is 23.4 Å². The van der Waals surface area contributed by atoms with Gasteiger partial charge in [-0.1, -0.05) is 18.6 Å². The Bertz CT molecular complexity index is 177. The lowest BCUT2D eigenvalue weighted by molar-refractivity contribution is 0.665. The monoisotopic (exact) mass is 137 g/mol. The fraction of sp³-hybridized carbons (Fsp3) is 0.556. The van der Waals surface area contributed by atoms with Crippen LogP contribution in [0.1, 0.15) is 20.3 Å². The summed E-state index contributed by atoms with van der Waals surface area (Å²) < 4.78 is 0. The predicted octanol–water partition coefficient (Wildman–Crippen LogP) is 2.08. The molecule has 1 heteroatoms. The van der Waals surface area contributed by atoms with E-state index in [-0.39, 0.29) is 0 Å². The molecule has 1 aliphatic rings. The third kappa shape index (κ3) is 1.63. The lowest BCUT2D eigenvalue weighted by Crippen LogP contribution is -2.11. The van der Waals surface area contributed by atoms with E-state index < -0.39 is 0 Å². The molecule has 0 spiro atoms. The predicted molar refractivity (Wildman–Crippen MR) is 44.7 cm³/mol. The van der Waals surface area contributed by atoms with Crippen molar-refractivity contribution in [2.45, 2.75) is 20.3 Å². The first-order valence-electron chi connectivity index (χ1n) is 3.79. The van der Waals surface area contributed by atoms with Crippen molar-refractivity contribution in [1.29, 1.82) is 0 Å². The van der Waals surface area contributed by atoms with E-state index in [1.807, 2.05) is 7.05 Å². The summed E-state index contributed by atoms with van der Waals surface area (Å²) in [6.45, 7) is 4.39. The third-order valence-electron chi connectivity index (χ3n) is 1.81. The van der Waals surface area contributed by atoms with Gasteiger partial charge in [0.25, 0.3) is 0 Å². The van der Waals surface area contributed by atoms with Crippen molar-refractivity contribution in [3.8, 4) is 0 Å². The Balaban J connectivity index is 2.70. The summed E-state index contributed by atoms with van der Waals surface area (Å²) in [5, 5.41) is 3.18. The van der Waals surface area contributed by atoms with Gasteiger partial charge in [-0.2, -0.15) is 0 Å². The standard InChI is InChI=1S/C9H15N/c1-7-4-8(2)6-9(5-7)10-3/h4-5,8,10H,6H2,1-3H3. The van der Waals surface area contributed by atoms with E-state index in [0.29, 0.717) is 5.92 Å². The summed E-state index contributed by atoms with van der Waals surface area (Å²) >= 11 is 0. The molecular weight excluding hydrogens is 122 g/mol. The molecule has 1 nitrogen and oxygen atoms in total. The molecule has 1 atom stereocenters. The van der Waals surface area contributed by atoms with Crippen LogP contribution in [0.15, 0.2) is 23.4 Å². The zero-order valence-electron chi connectivity index (χ0n) is 6.94. The summed E-state index contributed by atoms with van der Waals surface area (Å²) in [7, 11) is 1.98. The van der Waals surface area contributed by atoms with Gasteiger partial charge in [0.15, 0.2) is 0 Å². The van der Waals surface area contributed by atoms with E-state index in [0.717, 1.165) is 6.42 Å². The summed E-state index contributed by atoms with van der Waals surface area (Å²) in [5.74, 6) is 0.701. The average molecular weight is 137 g/mol. The molecule has 0 aromatic rings. The fourth-order valence-corrected chi connectivity index (χ4v) is 1.41. The van der Waals surface area contributed by atoms with Gasteiger partial charge in [-0.05, 0) is 25.3 Å². The first kappa shape index (κ1) is 7.39. The third-order valence-corrected chi connectivity index (χ3v) is 1.81. The van der Waals surface area contributed by atoms with Crippen LogP contribution < -0.4 is 5.32 Å². The number of rotatable bonds is 1. The Morgan fingerprint density at radius 2 is 2.30 bits per heavy atom. The number of hydrogen-bond donors (Lipinski definition) is 1. The summed E-state index contributed by atoms with van der Waals surface area (Å²) in [5.41, 5.74) is 2.73. The first-order chi connectivity index (χ1) is 4.72. The quantitative estimate of drug-likeness (QED) is 0.583. The van der Waals surface area contributed by atoms with Crippen molar-refractivity contribution in [3.63, 3.8) is 0 Å². The highest BCUT2D eigenvalue weighted by atomic mass is 14.8. The smallest absolute Gasteiger partial charge is 0.0112 e. The van der Waals surface area contributed by atoms with Crippen LogP contribution in [-0.2, 0) is 0 Å². The fourth-order valence-electron chi connectivity index (χ4n) is 1.41. The topological polar surface area (TPSA) is 12.0 Å². The van der Waals surface area contributed by atoms with Crippen molar-refractivity contribution in [1.82, 2.24) is 5.32 Å². The minimum atomic E-state index is 0.701. The highest BCUT2D eigenvalue weighted by Gasteiger charge is 2.06. The molecule has 1 rings (SSSR count). The van der Waals surface area contributed by atoms with Gasteiger partial charge in [-0.15, -0.1) is 0 Å². The molecule has 0 saturated heterocycles. The van der Waals surface area contributed by atoms with Crippen LogP contribution in [0.5, 0.6) is 0 Å². The molecule has 10 heavy (non-hydrogen) atoms. The molecule has 56 valence electrons. The van der Waals surface area contributed by atoms with Crippen molar-refractivity contribution < 1.29 is 0 Å². The second-order valence-corrected chi connectivity index (χ2v) is 3.01. The summed E-state index contributed by atoms with van der Waals surface area (Å²) in [6.07, 6.45) is 5.68. The Morgan fingerprint density at radius 3 is 2.80 bits per heavy atom. The molecule has 0 fully saturated rings. The maximum Gasteiger partial charge on any atom is 0.0112 e. The van der Waals surface area contributed by atoms with Crippen LogP contribution in [-0.4, -0.2) is 7.05 Å². The number of allylic oxidation sites excluding steroid dienone is 4. The lowest BCUT2D eigenvalue weighted by Gasteiger charge is -2.16. The maximum absolute atomic E-state index is 3.18. The Kier molecular flexibility index (Phi) is 2.15. The first-order valence-corrected chi connectivity index (χ1v) is 3.79. The van der Waals surface area contributed by atoms with Gasteiger partial charge in [-0.25, -0.2) is 0 Å². The van der Waals surface area contributed by atoms with Gasteiger partial charge in [0.2, 0.25) is 0 Å². The van der Waals surface area contributed by atoms with E-state index in [2.05, 4.69) is 31.3 Å². The van der Waals surface area contributed by atoms with Crippen LogP contribution in [0.2, 0.25) is 0 Å². The molecule has 0 saturated carbocycles. The van der Waals surface area contributed by atoms with Crippen LogP contribution in [0.25, 0.3) is 0 Å². The highest BCUT2D eigenvalue weighted by molar-refractivity contribution is 5.26.